The summed E-state index contributed by atoms with van der Waals surface area (Å²) in [5, 5.41) is -0.703. The minimum absolute atomic E-state index is 0.0323. The maximum absolute atomic E-state index is 12.1. The minimum atomic E-state index is -3.27. The van der Waals surface area contributed by atoms with Gasteiger partial charge in [0, 0.05) is 25.7 Å². The van der Waals surface area contributed by atoms with Gasteiger partial charge in [-0.3, -0.25) is 4.79 Å². The van der Waals surface area contributed by atoms with Crippen LogP contribution in [-0.2, 0) is 19.4 Å². The van der Waals surface area contributed by atoms with Crippen LogP contribution in [0.25, 0.3) is 0 Å². The van der Waals surface area contributed by atoms with Crippen molar-refractivity contribution in [3.63, 3.8) is 0 Å². The average Bonchev–Trinajstić information content (AvgIpc) is 2.49. The molecule has 3 atom stereocenters. The van der Waals surface area contributed by atoms with Gasteiger partial charge in [0.15, 0.2) is 9.84 Å². The van der Waals surface area contributed by atoms with Crippen molar-refractivity contribution < 1.29 is 17.9 Å². The van der Waals surface area contributed by atoms with Crippen molar-refractivity contribution in [2.45, 2.75) is 77.9 Å². The Kier molecular flexibility index (Phi) is 11.8. The number of Topliss-reactive ketones (excluding diaryl/α,β-unsaturated/α-hetero) is 1. The van der Waals surface area contributed by atoms with E-state index in [2.05, 4.69) is 27.7 Å². The molecule has 0 amide bonds. The fraction of sp³-hybridized carbons (Fsp3) is 0.944. The molecule has 0 aromatic carbocycles. The van der Waals surface area contributed by atoms with Gasteiger partial charge in [0.2, 0.25) is 0 Å². The molecule has 0 saturated carbocycles. The van der Waals surface area contributed by atoms with Crippen molar-refractivity contribution in [1.82, 2.24) is 0 Å². The third-order valence-corrected chi connectivity index (χ3v) is 6.12. The van der Waals surface area contributed by atoms with Crippen molar-refractivity contribution in [2.24, 2.45) is 11.8 Å². The molecule has 0 aliphatic carbocycles. The van der Waals surface area contributed by atoms with Crippen molar-refractivity contribution >= 4 is 15.6 Å². The van der Waals surface area contributed by atoms with Gasteiger partial charge in [-0.2, -0.15) is 0 Å². The third kappa shape index (κ3) is 10.9. The zero-order chi connectivity index (χ0) is 17.9. The first-order valence-corrected chi connectivity index (χ1v) is 11.0. The quantitative estimate of drug-likeness (QED) is 0.475. The van der Waals surface area contributed by atoms with Gasteiger partial charge >= 0.3 is 0 Å². The number of ketones is 1. The normalized spacial score (nSPS) is 16.0. The molecule has 3 unspecified atom stereocenters. The van der Waals surface area contributed by atoms with Gasteiger partial charge in [-0.05, 0) is 24.7 Å². The Balaban J connectivity index is 4.41. The Bertz CT molecular complexity index is 417. The third-order valence-electron chi connectivity index (χ3n) is 4.61. The van der Waals surface area contributed by atoms with E-state index >= 15 is 0 Å². The second kappa shape index (κ2) is 12.0. The monoisotopic (exact) mass is 348 g/mol. The van der Waals surface area contributed by atoms with E-state index in [-0.39, 0.29) is 18.8 Å². The number of hydrogen-bond acceptors (Lipinski definition) is 4. The molecule has 0 spiro atoms. The molecule has 0 aromatic rings. The highest BCUT2D eigenvalue weighted by Crippen LogP contribution is 2.15. The van der Waals surface area contributed by atoms with Crippen LogP contribution in [0.4, 0.5) is 0 Å². The molecule has 23 heavy (non-hydrogen) atoms. The molecule has 5 heteroatoms. The summed E-state index contributed by atoms with van der Waals surface area (Å²) in [6, 6.07) is 0. The van der Waals surface area contributed by atoms with Crippen molar-refractivity contribution in [3.8, 4) is 0 Å². The van der Waals surface area contributed by atoms with Crippen LogP contribution in [0.15, 0.2) is 0 Å². The summed E-state index contributed by atoms with van der Waals surface area (Å²) in [4.78, 5) is 12.1. The van der Waals surface area contributed by atoms with Crippen molar-refractivity contribution in [2.75, 3.05) is 19.5 Å². The molecule has 0 radical (unpaired) electrons. The summed E-state index contributed by atoms with van der Waals surface area (Å²) < 4.78 is 29.4. The van der Waals surface area contributed by atoms with Gasteiger partial charge in [-0.25, -0.2) is 8.42 Å². The van der Waals surface area contributed by atoms with Crippen LogP contribution in [0.3, 0.4) is 0 Å². The largest absolute Gasteiger partial charge is 0.380 e. The van der Waals surface area contributed by atoms with E-state index < -0.39 is 15.1 Å². The summed E-state index contributed by atoms with van der Waals surface area (Å²) in [5.41, 5.74) is 0. The van der Waals surface area contributed by atoms with Crippen LogP contribution in [-0.4, -0.2) is 38.9 Å². The van der Waals surface area contributed by atoms with Crippen LogP contribution in [0.5, 0.6) is 0 Å². The van der Waals surface area contributed by atoms with E-state index in [0.29, 0.717) is 24.9 Å². The Labute approximate surface area is 143 Å². The number of hydrogen-bond donors (Lipinski definition) is 0. The number of carbonyl (C=O) groups is 1. The molecule has 4 nitrogen and oxygen atoms in total. The van der Waals surface area contributed by atoms with E-state index in [0.717, 1.165) is 32.1 Å². The van der Waals surface area contributed by atoms with Crippen LogP contribution in [0.1, 0.15) is 72.6 Å². The molecule has 0 saturated heterocycles. The number of ether oxygens (including phenoxy) is 1. The van der Waals surface area contributed by atoms with Crippen molar-refractivity contribution in [3.05, 3.63) is 0 Å². The van der Waals surface area contributed by atoms with Gasteiger partial charge < -0.3 is 4.74 Å². The summed E-state index contributed by atoms with van der Waals surface area (Å²) >= 11 is 0. The molecule has 0 aliphatic rings. The van der Waals surface area contributed by atoms with E-state index in [1.165, 1.54) is 6.26 Å². The second-order valence-electron chi connectivity index (χ2n) is 6.85. The van der Waals surface area contributed by atoms with E-state index in [4.69, 9.17) is 4.74 Å². The zero-order valence-electron chi connectivity index (χ0n) is 15.6. The van der Waals surface area contributed by atoms with Crippen LogP contribution in [0.2, 0.25) is 0 Å². The van der Waals surface area contributed by atoms with Crippen molar-refractivity contribution in [1.29, 1.82) is 0 Å². The highest BCUT2D eigenvalue weighted by atomic mass is 32.2. The van der Waals surface area contributed by atoms with Gasteiger partial charge in [0.05, 0.1) is 11.9 Å². The maximum Gasteiger partial charge on any atom is 0.153 e. The predicted molar refractivity (Wildman–Crippen MR) is 96.5 cm³/mol. The highest BCUT2D eigenvalue weighted by Gasteiger charge is 2.24. The topological polar surface area (TPSA) is 60.4 Å². The lowest BCUT2D eigenvalue weighted by molar-refractivity contribution is -0.119. The van der Waals surface area contributed by atoms with Crippen LogP contribution >= 0.6 is 0 Å². The Morgan fingerprint density at radius 1 is 1.04 bits per heavy atom. The van der Waals surface area contributed by atoms with Gasteiger partial charge in [0.25, 0.3) is 0 Å². The van der Waals surface area contributed by atoms with Crippen LogP contribution in [0, 0.1) is 11.8 Å². The molecule has 0 N–H and O–H groups in total. The Hall–Kier alpha value is -0.420. The Morgan fingerprint density at radius 3 is 2.17 bits per heavy atom. The fourth-order valence-corrected chi connectivity index (χ4v) is 3.31. The molecule has 0 fully saturated rings. The molecule has 0 aliphatic heterocycles. The SMILES string of the molecule is CCCC(CC)COCC(CC(=O)CCC(C)CC)S(C)(=O)=O. The first kappa shape index (κ1) is 22.6. The molecule has 0 aromatic heterocycles. The lowest BCUT2D eigenvalue weighted by Crippen LogP contribution is -2.29. The lowest BCUT2D eigenvalue weighted by Gasteiger charge is -2.18. The molecular weight excluding hydrogens is 312 g/mol. The van der Waals surface area contributed by atoms with Crippen LogP contribution < -0.4 is 0 Å². The van der Waals surface area contributed by atoms with E-state index in [9.17, 15) is 13.2 Å². The molecule has 0 rings (SSSR count). The predicted octanol–water partition coefficient (Wildman–Crippen LogP) is 4.03. The molecule has 138 valence electrons. The standard InChI is InChI=1S/C18H36O4S/c1-6-9-16(8-3)13-22-14-18(23(5,20)21)12-17(19)11-10-15(4)7-2/h15-16,18H,6-14H2,1-5H3. The maximum atomic E-state index is 12.1. The summed E-state index contributed by atoms with van der Waals surface area (Å²) in [6.07, 6.45) is 6.86. The molecule has 0 heterocycles. The first-order valence-electron chi connectivity index (χ1n) is 9.02. The van der Waals surface area contributed by atoms with E-state index in [1.54, 1.807) is 0 Å². The minimum Gasteiger partial charge on any atom is -0.380 e. The highest BCUT2D eigenvalue weighted by molar-refractivity contribution is 7.91. The first-order chi connectivity index (χ1) is 10.7. The lowest BCUT2D eigenvalue weighted by atomic mass is 9.99. The van der Waals surface area contributed by atoms with Gasteiger partial charge in [-0.15, -0.1) is 0 Å². The summed E-state index contributed by atoms with van der Waals surface area (Å²) in [7, 11) is -3.27. The summed E-state index contributed by atoms with van der Waals surface area (Å²) in [6.45, 7) is 9.19. The molecular formula is C18H36O4S. The van der Waals surface area contributed by atoms with Gasteiger partial charge in [-0.1, -0.05) is 47.0 Å². The average molecular weight is 349 g/mol. The smallest absolute Gasteiger partial charge is 0.153 e. The number of carbonyl (C=O) groups excluding carboxylic acids is 1. The fourth-order valence-electron chi connectivity index (χ4n) is 2.48. The second-order valence-corrected chi connectivity index (χ2v) is 9.17. The summed E-state index contributed by atoms with van der Waals surface area (Å²) in [5.74, 6) is 1.01. The Morgan fingerprint density at radius 2 is 1.70 bits per heavy atom. The van der Waals surface area contributed by atoms with Gasteiger partial charge in [0.1, 0.15) is 5.78 Å². The zero-order valence-corrected chi connectivity index (χ0v) is 16.5. The number of rotatable bonds is 14. The van der Waals surface area contributed by atoms with E-state index in [1.807, 2.05) is 0 Å². The number of sulfone groups is 1. The molecule has 0 bridgehead atoms.